The number of anilines is 2. The maximum absolute atomic E-state index is 16.6. The normalized spacial score (nSPS) is 17.8. The molecule has 0 aliphatic carbocycles. The molecule has 0 N–H and O–H groups in total. The molecule has 11 nitrogen and oxygen atoms in total. The van der Waals surface area contributed by atoms with Crippen LogP contribution < -0.4 is 15.5 Å². The summed E-state index contributed by atoms with van der Waals surface area (Å²) in [7, 11) is 1.94. The maximum atomic E-state index is 16.6. The van der Waals surface area contributed by atoms with Crippen molar-refractivity contribution < 1.29 is 13.6 Å². The average molecular weight is 680 g/mol. The van der Waals surface area contributed by atoms with Crippen molar-refractivity contribution in [2.24, 2.45) is 0 Å². The molecule has 3 aromatic heterocycles. The fraction of sp³-hybridized carbons (Fsp3) is 0.351. The molecule has 0 radical (unpaired) electrons. The molecule has 5 aromatic rings. The van der Waals surface area contributed by atoms with Crippen molar-refractivity contribution in [3.63, 3.8) is 0 Å². The van der Waals surface area contributed by atoms with Gasteiger partial charge in [-0.25, -0.2) is 27.8 Å². The van der Waals surface area contributed by atoms with Crippen molar-refractivity contribution in [3.8, 4) is 16.9 Å². The Morgan fingerprint density at radius 2 is 1.82 bits per heavy atom. The van der Waals surface area contributed by atoms with E-state index < -0.39 is 17.3 Å². The first kappa shape index (κ1) is 33.1. The van der Waals surface area contributed by atoms with Crippen molar-refractivity contribution >= 4 is 28.4 Å². The predicted molar refractivity (Wildman–Crippen MR) is 189 cm³/mol. The van der Waals surface area contributed by atoms with Crippen molar-refractivity contribution in [2.45, 2.75) is 58.7 Å². The standard InChI is InChI=1S/C37H39F2N9O2/c1-7-31(49)46-17-23(5)47(18-22(46)4)35-27-16-29(39)33-32-24(10-8-12-28(32)38)19-45-20-25(42-43-45)14-15-44(6)30-13-9-11-26(21(2)3)34(30)48(36(27)40-33)37(50)41-35/h7-13,16,20-23H,1,14-15,17-19H2,2-6H3/t22-,23+/m1/s1. The second-order valence-electron chi connectivity index (χ2n) is 13.5. The van der Waals surface area contributed by atoms with E-state index in [-0.39, 0.29) is 53.2 Å². The van der Waals surface area contributed by atoms with Gasteiger partial charge in [0.1, 0.15) is 23.1 Å². The van der Waals surface area contributed by atoms with Gasteiger partial charge in [-0.1, -0.05) is 49.9 Å². The van der Waals surface area contributed by atoms with Gasteiger partial charge >= 0.3 is 5.69 Å². The number of rotatable bonds is 3. The number of likely N-dealkylation sites (N-methyl/N-ethyl adjacent to an activating group) is 1. The van der Waals surface area contributed by atoms with Crippen LogP contribution in [0, 0.1) is 11.6 Å². The minimum atomic E-state index is -0.767. The zero-order chi connectivity index (χ0) is 35.4. The SMILES string of the molecule is C=CC(=O)N1C[C@H](C)N(c2nc(=O)n3c4nc(c(F)cc24)-c2c(F)cccc2Cn2cc(nn2)CCN(C)c2cccc(C(C)C)c2-3)C[C@H]1C. The number of amides is 1. The second kappa shape index (κ2) is 12.8. The summed E-state index contributed by atoms with van der Waals surface area (Å²) in [4.78, 5) is 42.4. The van der Waals surface area contributed by atoms with Gasteiger partial charge in [0.25, 0.3) is 0 Å². The number of carbonyl (C=O) groups is 1. The number of pyridine rings is 1. The van der Waals surface area contributed by atoms with Crippen LogP contribution in [0.5, 0.6) is 0 Å². The first-order valence-corrected chi connectivity index (χ1v) is 16.8. The molecule has 50 heavy (non-hydrogen) atoms. The Labute approximate surface area is 288 Å². The molecule has 2 atom stereocenters. The van der Waals surface area contributed by atoms with Crippen LogP contribution in [-0.4, -0.2) is 79.1 Å². The molecule has 258 valence electrons. The lowest BCUT2D eigenvalue weighted by Crippen LogP contribution is -2.58. The Morgan fingerprint density at radius 1 is 1.04 bits per heavy atom. The summed E-state index contributed by atoms with van der Waals surface area (Å²) >= 11 is 0. The number of aromatic nitrogens is 6. The predicted octanol–water partition coefficient (Wildman–Crippen LogP) is 5.09. The van der Waals surface area contributed by atoms with E-state index in [0.29, 0.717) is 42.7 Å². The molecule has 0 unspecified atom stereocenters. The van der Waals surface area contributed by atoms with Gasteiger partial charge in [0.2, 0.25) is 5.91 Å². The highest BCUT2D eigenvalue weighted by Gasteiger charge is 2.34. The fourth-order valence-corrected chi connectivity index (χ4v) is 7.19. The van der Waals surface area contributed by atoms with E-state index >= 15 is 8.78 Å². The van der Waals surface area contributed by atoms with Gasteiger partial charge in [0.05, 0.1) is 29.0 Å². The molecule has 4 bridgehead atoms. The molecule has 5 heterocycles. The number of piperazine rings is 1. The van der Waals surface area contributed by atoms with Gasteiger partial charge in [-0.15, -0.1) is 5.10 Å². The van der Waals surface area contributed by atoms with Gasteiger partial charge < -0.3 is 14.7 Å². The third-order valence-corrected chi connectivity index (χ3v) is 9.78. The van der Waals surface area contributed by atoms with E-state index in [0.717, 1.165) is 16.9 Å². The number of carbonyl (C=O) groups excluding carboxylic acids is 1. The highest BCUT2D eigenvalue weighted by Crippen LogP contribution is 2.38. The number of hydrogen-bond donors (Lipinski definition) is 0. The largest absolute Gasteiger partial charge is 0.372 e. The average Bonchev–Trinajstić information content (AvgIpc) is 3.54. The van der Waals surface area contributed by atoms with E-state index in [1.165, 1.54) is 22.8 Å². The minimum Gasteiger partial charge on any atom is -0.372 e. The molecule has 1 amide bonds. The van der Waals surface area contributed by atoms with E-state index in [9.17, 15) is 9.59 Å². The molecule has 7 rings (SSSR count). The zero-order valence-electron chi connectivity index (χ0n) is 28.8. The van der Waals surface area contributed by atoms with Crippen molar-refractivity contribution in [1.29, 1.82) is 0 Å². The van der Waals surface area contributed by atoms with Crippen LogP contribution in [0.2, 0.25) is 0 Å². The molecule has 2 aromatic carbocycles. The smallest absolute Gasteiger partial charge is 0.355 e. The van der Waals surface area contributed by atoms with Crippen LogP contribution in [0.1, 0.15) is 50.4 Å². The lowest BCUT2D eigenvalue weighted by molar-refractivity contribution is -0.128. The molecular formula is C37H39F2N9O2. The molecule has 1 fully saturated rings. The monoisotopic (exact) mass is 679 g/mol. The van der Waals surface area contributed by atoms with Crippen molar-refractivity contribution in [3.05, 3.63) is 100 Å². The number of hydrogen-bond acceptors (Lipinski definition) is 8. The minimum absolute atomic E-state index is 0.0172. The number of halogens is 2. The molecule has 13 heteroatoms. The second-order valence-corrected chi connectivity index (χ2v) is 13.5. The molecule has 0 spiro atoms. The van der Waals surface area contributed by atoms with Gasteiger partial charge in [-0.2, -0.15) is 4.98 Å². The van der Waals surface area contributed by atoms with E-state index in [1.54, 1.807) is 27.9 Å². The summed E-state index contributed by atoms with van der Waals surface area (Å²) in [5, 5.41) is 8.91. The fourth-order valence-electron chi connectivity index (χ4n) is 7.19. The van der Waals surface area contributed by atoms with E-state index in [1.807, 2.05) is 62.7 Å². The van der Waals surface area contributed by atoms with Gasteiger partial charge in [0, 0.05) is 56.9 Å². The number of nitrogens with zero attached hydrogens (tertiary/aromatic N) is 9. The summed E-state index contributed by atoms with van der Waals surface area (Å²) in [6.45, 7) is 12.9. The lowest BCUT2D eigenvalue weighted by atomic mass is 9.98. The third-order valence-electron chi connectivity index (χ3n) is 9.78. The highest BCUT2D eigenvalue weighted by atomic mass is 19.1. The summed E-state index contributed by atoms with van der Waals surface area (Å²) in [5.41, 5.74) is 2.65. The first-order valence-electron chi connectivity index (χ1n) is 16.8. The molecular weight excluding hydrogens is 640 g/mol. The molecule has 1 saturated heterocycles. The van der Waals surface area contributed by atoms with Crippen LogP contribution >= 0.6 is 0 Å². The van der Waals surface area contributed by atoms with E-state index in [4.69, 9.17) is 4.98 Å². The lowest BCUT2D eigenvalue weighted by Gasteiger charge is -2.44. The van der Waals surface area contributed by atoms with Crippen LogP contribution in [-0.2, 0) is 17.8 Å². The third kappa shape index (κ3) is 5.60. The topological polar surface area (TPSA) is 105 Å². The first-order chi connectivity index (χ1) is 24.0. The van der Waals surface area contributed by atoms with Crippen LogP contribution in [0.4, 0.5) is 20.3 Å². The molecule has 0 saturated carbocycles. The molecule has 2 aliphatic heterocycles. The number of para-hydroxylation sites is 1. The summed E-state index contributed by atoms with van der Waals surface area (Å²) in [5.74, 6) is -1.38. The maximum Gasteiger partial charge on any atom is 0.355 e. The van der Waals surface area contributed by atoms with Gasteiger partial charge in [-0.3, -0.25) is 4.79 Å². The molecule has 2 aliphatic rings. The van der Waals surface area contributed by atoms with Gasteiger partial charge in [-0.05, 0) is 55.2 Å². The Hall–Kier alpha value is -5.46. The quantitative estimate of drug-likeness (QED) is 0.243. The van der Waals surface area contributed by atoms with E-state index in [2.05, 4.69) is 21.9 Å². The Kier molecular flexibility index (Phi) is 8.44. The highest BCUT2D eigenvalue weighted by molar-refractivity contribution is 5.92. The van der Waals surface area contributed by atoms with Crippen LogP contribution in [0.3, 0.4) is 0 Å². The van der Waals surface area contributed by atoms with Gasteiger partial charge in [0.15, 0.2) is 5.65 Å². The van der Waals surface area contributed by atoms with Crippen LogP contribution in [0.15, 0.2) is 66.1 Å². The summed E-state index contributed by atoms with van der Waals surface area (Å²) in [6.07, 6.45) is 3.64. The Bertz CT molecular complexity index is 2210. The summed E-state index contributed by atoms with van der Waals surface area (Å²) < 4.78 is 35.6. The number of benzene rings is 2. The zero-order valence-corrected chi connectivity index (χ0v) is 28.8. The Morgan fingerprint density at radius 3 is 2.58 bits per heavy atom. The summed E-state index contributed by atoms with van der Waals surface area (Å²) in [6, 6.07) is 11.2. The van der Waals surface area contributed by atoms with Crippen molar-refractivity contribution in [1.82, 2.24) is 34.4 Å². The number of fused-ring (bicyclic) bond motifs is 7. The Balaban J connectivity index is 1.57. The van der Waals surface area contributed by atoms with Crippen molar-refractivity contribution in [2.75, 3.05) is 36.5 Å². The van der Waals surface area contributed by atoms with Crippen LogP contribution in [0.25, 0.3) is 28.0 Å².